The highest BCUT2D eigenvalue weighted by atomic mass is 35.5. The number of thiocarbonyl (C=S) groups is 1. The minimum Gasteiger partial charge on any atom is -0.359 e. The van der Waals surface area contributed by atoms with Crippen molar-refractivity contribution in [1.82, 2.24) is 19.5 Å². The Morgan fingerprint density at radius 2 is 1.86 bits per heavy atom. The van der Waals surface area contributed by atoms with E-state index >= 15 is 0 Å². The van der Waals surface area contributed by atoms with Crippen molar-refractivity contribution in [3.05, 3.63) is 70.7 Å². The Kier molecular flexibility index (Phi) is 6.62. The highest BCUT2D eigenvalue weighted by molar-refractivity contribution is 7.86. The summed E-state index contributed by atoms with van der Waals surface area (Å²) in [5.74, 6) is -0.237. The third-order valence-corrected chi connectivity index (χ3v) is 7.65. The van der Waals surface area contributed by atoms with Gasteiger partial charge >= 0.3 is 0 Å². The highest BCUT2D eigenvalue weighted by Crippen LogP contribution is 2.41. The molecule has 0 spiro atoms. The van der Waals surface area contributed by atoms with Crippen molar-refractivity contribution in [3.8, 4) is 0 Å². The second-order valence-corrected chi connectivity index (χ2v) is 9.89. The summed E-state index contributed by atoms with van der Waals surface area (Å²) in [5, 5.41) is 3.82. The maximum Gasteiger partial charge on any atom is 0.294 e. The number of hydrogen-bond acceptors (Lipinski definition) is 4. The fraction of sp³-hybridized carbons (Fsp3) is 0.350. The van der Waals surface area contributed by atoms with E-state index in [1.807, 2.05) is 56.3 Å². The van der Waals surface area contributed by atoms with Crippen molar-refractivity contribution in [1.29, 1.82) is 0 Å². The Morgan fingerprint density at radius 3 is 2.41 bits per heavy atom. The fourth-order valence-electron chi connectivity index (χ4n) is 3.53. The zero-order chi connectivity index (χ0) is 21.2. The van der Waals surface area contributed by atoms with Crippen molar-refractivity contribution < 1.29 is 8.42 Å². The van der Waals surface area contributed by atoms with E-state index in [4.69, 9.17) is 23.8 Å². The maximum atomic E-state index is 13.2. The van der Waals surface area contributed by atoms with Crippen LogP contribution in [-0.2, 0) is 15.9 Å². The molecule has 1 aliphatic heterocycles. The first kappa shape index (κ1) is 22.1. The van der Waals surface area contributed by atoms with Crippen LogP contribution < -0.4 is 10.7 Å². The maximum absolute atomic E-state index is 13.2. The van der Waals surface area contributed by atoms with E-state index in [1.54, 1.807) is 19.2 Å². The summed E-state index contributed by atoms with van der Waals surface area (Å²) < 4.78 is 29.1. The van der Waals surface area contributed by atoms with E-state index < -0.39 is 15.9 Å². The zero-order valence-corrected chi connectivity index (χ0v) is 18.9. The highest BCUT2D eigenvalue weighted by Gasteiger charge is 2.52. The molecule has 156 valence electrons. The molecule has 0 radical (unpaired) electrons. The first-order valence-electron chi connectivity index (χ1n) is 9.28. The number of nitrogens with one attached hydrogen (secondary N) is 2. The van der Waals surface area contributed by atoms with Crippen LogP contribution in [0.1, 0.15) is 30.9 Å². The Labute approximate surface area is 183 Å². The van der Waals surface area contributed by atoms with Gasteiger partial charge in [0, 0.05) is 30.6 Å². The van der Waals surface area contributed by atoms with Gasteiger partial charge < -0.3 is 5.32 Å². The summed E-state index contributed by atoms with van der Waals surface area (Å²) in [5.41, 5.74) is 5.51. The molecule has 2 aromatic rings. The van der Waals surface area contributed by atoms with Crippen LogP contribution in [0, 0.1) is 0 Å². The third-order valence-electron chi connectivity index (χ3n) is 5.33. The lowest BCUT2D eigenvalue weighted by atomic mass is 9.82. The number of hydrogen-bond donors (Lipinski definition) is 2. The van der Waals surface area contributed by atoms with Crippen LogP contribution in [0.3, 0.4) is 0 Å². The van der Waals surface area contributed by atoms with Gasteiger partial charge in [-0.2, -0.15) is 12.7 Å². The summed E-state index contributed by atoms with van der Waals surface area (Å²) >= 11 is 11.2. The van der Waals surface area contributed by atoms with E-state index in [0.717, 1.165) is 11.1 Å². The van der Waals surface area contributed by atoms with E-state index in [2.05, 4.69) is 10.7 Å². The van der Waals surface area contributed by atoms with Crippen LogP contribution in [0.15, 0.2) is 54.6 Å². The first-order valence-corrected chi connectivity index (χ1v) is 11.5. The van der Waals surface area contributed by atoms with Crippen LogP contribution >= 0.6 is 23.8 Å². The van der Waals surface area contributed by atoms with Gasteiger partial charge in [-0.1, -0.05) is 66.3 Å². The normalized spacial score (nSPS) is 22.9. The second-order valence-electron chi connectivity index (χ2n) is 7.30. The van der Waals surface area contributed by atoms with E-state index in [1.165, 1.54) is 14.2 Å². The van der Waals surface area contributed by atoms with Gasteiger partial charge in [0.1, 0.15) is 5.66 Å². The van der Waals surface area contributed by atoms with Crippen molar-refractivity contribution >= 4 is 39.5 Å². The lowest BCUT2D eigenvalue weighted by Gasteiger charge is -2.36. The third kappa shape index (κ3) is 4.19. The van der Waals surface area contributed by atoms with Crippen LogP contribution in [0.4, 0.5) is 0 Å². The molecule has 1 aliphatic rings. The molecule has 2 atom stereocenters. The molecule has 6 nitrogen and oxygen atoms in total. The molecule has 1 saturated heterocycles. The van der Waals surface area contributed by atoms with Crippen LogP contribution in [-0.4, -0.2) is 42.3 Å². The van der Waals surface area contributed by atoms with Crippen molar-refractivity contribution in [2.75, 3.05) is 13.6 Å². The molecular weight excluding hydrogens is 428 g/mol. The Morgan fingerprint density at radius 1 is 1.24 bits per heavy atom. The molecule has 0 amide bonds. The largest absolute Gasteiger partial charge is 0.359 e. The molecule has 2 N–H and O–H groups in total. The van der Waals surface area contributed by atoms with Gasteiger partial charge in [0.25, 0.3) is 10.2 Å². The summed E-state index contributed by atoms with van der Waals surface area (Å²) in [4.78, 5) is 0. The van der Waals surface area contributed by atoms with E-state index in [9.17, 15) is 8.42 Å². The molecule has 2 aromatic carbocycles. The average molecular weight is 453 g/mol. The van der Waals surface area contributed by atoms with E-state index in [0.29, 0.717) is 5.02 Å². The lowest BCUT2D eigenvalue weighted by molar-refractivity contribution is 0.245. The number of hydrazine groups is 1. The van der Waals surface area contributed by atoms with Crippen molar-refractivity contribution in [3.63, 3.8) is 0 Å². The number of rotatable bonds is 7. The molecule has 0 saturated carbocycles. The quantitative estimate of drug-likeness (QED) is 0.631. The van der Waals surface area contributed by atoms with Gasteiger partial charge in [-0.25, -0.2) is 5.43 Å². The monoisotopic (exact) mass is 452 g/mol. The van der Waals surface area contributed by atoms with Gasteiger partial charge in [-0.05, 0) is 37.1 Å². The predicted molar refractivity (Wildman–Crippen MR) is 121 cm³/mol. The lowest BCUT2D eigenvalue weighted by Crippen LogP contribution is -2.57. The smallest absolute Gasteiger partial charge is 0.294 e. The SMILES string of the molecule is CC(C)N(C)S(=O)(=O)N1CC(c2ccccc2)C(NC=S)(c2ccc(Cl)cc2)N1. The zero-order valence-electron chi connectivity index (χ0n) is 16.5. The summed E-state index contributed by atoms with van der Waals surface area (Å²) in [6.45, 7) is 3.91. The summed E-state index contributed by atoms with van der Waals surface area (Å²) in [7, 11) is -2.17. The Hall–Kier alpha value is -1.55. The van der Waals surface area contributed by atoms with Gasteiger partial charge in [-0.15, -0.1) is 4.41 Å². The van der Waals surface area contributed by atoms with Crippen LogP contribution in [0.2, 0.25) is 5.02 Å². The Bertz CT molecular complexity index is 954. The molecule has 3 rings (SSSR count). The molecule has 0 aliphatic carbocycles. The molecule has 0 aromatic heterocycles. The van der Waals surface area contributed by atoms with Gasteiger partial charge in [0.15, 0.2) is 0 Å². The first-order chi connectivity index (χ1) is 13.7. The fourth-order valence-corrected chi connectivity index (χ4v) is 5.28. The number of nitrogens with zero attached hydrogens (tertiary/aromatic N) is 2. The minimum absolute atomic E-state index is 0.180. The van der Waals surface area contributed by atoms with E-state index in [-0.39, 0.29) is 18.5 Å². The Balaban J connectivity index is 2.14. The molecule has 0 bridgehead atoms. The van der Waals surface area contributed by atoms with Gasteiger partial charge in [0.2, 0.25) is 0 Å². The average Bonchev–Trinajstić information content (AvgIpc) is 3.10. The minimum atomic E-state index is -3.74. The predicted octanol–water partition coefficient (Wildman–Crippen LogP) is 3.23. The molecule has 2 unspecified atom stereocenters. The molecule has 1 fully saturated rings. The molecule has 9 heteroatoms. The van der Waals surface area contributed by atoms with Crippen LogP contribution in [0.5, 0.6) is 0 Å². The summed E-state index contributed by atoms with van der Waals surface area (Å²) in [6.07, 6.45) is 0. The number of benzene rings is 2. The standard InChI is InChI=1S/C20H25ClN4O2S2/c1-15(2)24(3)29(26,27)25-13-19(16-7-5-4-6-8-16)20(23-25,22-14-28)17-9-11-18(21)12-10-17/h4-12,14-15,19,23H,13H2,1-3H3,(H,22,28). The van der Waals surface area contributed by atoms with Crippen molar-refractivity contribution in [2.45, 2.75) is 31.5 Å². The van der Waals surface area contributed by atoms with Crippen LogP contribution in [0.25, 0.3) is 0 Å². The number of halogens is 1. The van der Waals surface area contributed by atoms with Gasteiger partial charge in [-0.3, -0.25) is 0 Å². The molecule has 1 heterocycles. The summed E-state index contributed by atoms with van der Waals surface area (Å²) in [6, 6.07) is 16.9. The van der Waals surface area contributed by atoms with Gasteiger partial charge in [0.05, 0.1) is 5.49 Å². The second kappa shape index (κ2) is 8.67. The molecule has 29 heavy (non-hydrogen) atoms. The topological polar surface area (TPSA) is 64.7 Å². The molecular formula is C20H25ClN4O2S2. The van der Waals surface area contributed by atoms with Crippen molar-refractivity contribution in [2.24, 2.45) is 0 Å².